The minimum Gasteiger partial charge on any atom is -0.366 e. The van der Waals surface area contributed by atoms with Crippen LogP contribution in [0.4, 0.5) is 0 Å². The van der Waals surface area contributed by atoms with Gasteiger partial charge in [0, 0.05) is 13.6 Å². The fraction of sp³-hybridized carbons (Fsp3) is 0.900. The van der Waals surface area contributed by atoms with Gasteiger partial charge in [0.15, 0.2) is 5.11 Å². The summed E-state index contributed by atoms with van der Waals surface area (Å²) in [5.74, 6) is 0.728. The van der Waals surface area contributed by atoms with Crippen LogP contribution in [0.5, 0.6) is 0 Å². The van der Waals surface area contributed by atoms with E-state index in [1.165, 1.54) is 0 Å². The second-order valence-electron chi connectivity index (χ2n) is 4.96. The first-order chi connectivity index (χ1) is 5.84. The van der Waals surface area contributed by atoms with Gasteiger partial charge in [-0.3, -0.25) is 0 Å². The van der Waals surface area contributed by atoms with Crippen molar-refractivity contribution in [3.05, 3.63) is 0 Å². The second kappa shape index (κ2) is 3.12. The van der Waals surface area contributed by atoms with Gasteiger partial charge >= 0.3 is 0 Å². The number of hydrogen-bond acceptors (Lipinski definition) is 1. The zero-order valence-corrected chi connectivity index (χ0v) is 10.0. The highest BCUT2D eigenvalue weighted by Crippen LogP contribution is 2.67. The van der Waals surface area contributed by atoms with Crippen LogP contribution in [-0.2, 0) is 0 Å². The molecule has 3 heteroatoms. The molecular formula is C10H20N2S. The van der Waals surface area contributed by atoms with Gasteiger partial charge in [0.2, 0.25) is 0 Å². The lowest BCUT2D eigenvalue weighted by molar-refractivity contribution is 0.457. The van der Waals surface area contributed by atoms with Crippen LogP contribution in [-0.4, -0.2) is 18.7 Å². The number of thiocarbonyl (C=S) groups is 1. The van der Waals surface area contributed by atoms with Gasteiger partial charge in [-0.25, -0.2) is 0 Å². The molecule has 0 saturated heterocycles. The molecule has 0 amide bonds. The minimum atomic E-state index is 0.448. The fourth-order valence-corrected chi connectivity index (χ4v) is 2.21. The summed E-state index contributed by atoms with van der Waals surface area (Å²) in [6, 6.07) is 0. The van der Waals surface area contributed by atoms with Crippen molar-refractivity contribution in [2.24, 2.45) is 16.7 Å². The van der Waals surface area contributed by atoms with E-state index in [9.17, 15) is 0 Å². The van der Waals surface area contributed by atoms with Crippen LogP contribution in [0.3, 0.4) is 0 Å². The summed E-state index contributed by atoms with van der Waals surface area (Å²) in [5.41, 5.74) is 0.896. The molecule has 0 aromatic rings. The zero-order valence-electron chi connectivity index (χ0n) is 9.19. The molecule has 1 saturated carbocycles. The van der Waals surface area contributed by atoms with Gasteiger partial charge in [0.05, 0.1) is 0 Å². The van der Waals surface area contributed by atoms with Crippen LogP contribution < -0.4 is 10.6 Å². The Labute approximate surface area is 86.5 Å². The predicted octanol–water partition coefficient (Wildman–Crippen LogP) is 1.76. The Bertz CT molecular complexity index is 207. The van der Waals surface area contributed by atoms with E-state index in [4.69, 9.17) is 12.2 Å². The lowest BCUT2D eigenvalue weighted by Crippen LogP contribution is -2.34. The Morgan fingerprint density at radius 1 is 1.23 bits per heavy atom. The molecule has 0 spiro atoms. The van der Waals surface area contributed by atoms with Crippen molar-refractivity contribution in [1.29, 1.82) is 0 Å². The molecule has 0 heterocycles. The van der Waals surface area contributed by atoms with Gasteiger partial charge in [0.25, 0.3) is 0 Å². The quantitative estimate of drug-likeness (QED) is 0.664. The number of rotatable bonds is 2. The highest BCUT2D eigenvalue weighted by molar-refractivity contribution is 7.80. The average Bonchev–Trinajstić information content (AvgIpc) is 2.40. The van der Waals surface area contributed by atoms with Gasteiger partial charge in [-0.15, -0.1) is 0 Å². The Hall–Kier alpha value is -0.310. The molecule has 0 aromatic carbocycles. The van der Waals surface area contributed by atoms with Crippen LogP contribution in [0.15, 0.2) is 0 Å². The molecule has 1 fully saturated rings. The first-order valence-corrected chi connectivity index (χ1v) is 5.20. The zero-order chi connectivity index (χ0) is 10.3. The van der Waals surface area contributed by atoms with E-state index in [1.807, 2.05) is 7.05 Å². The number of hydrogen-bond donors (Lipinski definition) is 2. The van der Waals surface area contributed by atoms with Crippen molar-refractivity contribution in [3.63, 3.8) is 0 Å². The molecule has 0 aliphatic heterocycles. The lowest BCUT2D eigenvalue weighted by Gasteiger charge is -2.07. The molecule has 1 aliphatic rings. The Morgan fingerprint density at radius 2 is 1.69 bits per heavy atom. The molecule has 1 rings (SSSR count). The van der Waals surface area contributed by atoms with Crippen LogP contribution in [0.1, 0.15) is 27.7 Å². The largest absolute Gasteiger partial charge is 0.366 e. The van der Waals surface area contributed by atoms with Gasteiger partial charge < -0.3 is 10.6 Å². The predicted molar refractivity (Wildman–Crippen MR) is 60.7 cm³/mol. The summed E-state index contributed by atoms with van der Waals surface area (Å²) < 4.78 is 0. The summed E-state index contributed by atoms with van der Waals surface area (Å²) in [4.78, 5) is 0. The normalized spacial score (nSPS) is 23.8. The molecule has 0 unspecified atom stereocenters. The van der Waals surface area contributed by atoms with E-state index in [-0.39, 0.29) is 0 Å². The highest BCUT2D eigenvalue weighted by atomic mass is 32.1. The van der Waals surface area contributed by atoms with E-state index in [0.717, 1.165) is 17.6 Å². The SMILES string of the molecule is CNC(=S)NCC1C(C)(C)C1(C)C. The molecule has 2 nitrogen and oxygen atoms in total. The van der Waals surface area contributed by atoms with Crippen molar-refractivity contribution >= 4 is 17.3 Å². The lowest BCUT2D eigenvalue weighted by atomic mass is 10.0. The summed E-state index contributed by atoms with van der Waals surface area (Å²) >= 11 is 5.03. The Kier molecular flexibility index (Phi) is 2.59. The molecule has 0 aromatic heterocycles. The summed E-state index contributed by atoms with van der Waals surface area (Å²) in [7, 11) is 1.85. The first kappa shape index (κ1) is 10.8. The molecule has 0 atom stereocenters. The topological polar surface area (TPSA) is 24.1 Å². The van der Waals surface area contributed by atoms with Gasteiger partial charge in [-0.2, -0.15) is 0 Å². The monoisotopic (exact) mass is 200 g/mol. The van der Waals surface area contributed by atoms with Crippen molar-refractivity contribution in [2.45, 2.75) is 27.7 Å². The van der Waals surface area contributed by atoms with Gasteiger partial charge in [-0.05, 0) is 29.0 Å². The molecular weight excluding hydrogens is 180 g/mol. The summed E-state index contributed by atoms with van der Waals surface area (Å²) in [6.07, 6.45) is 0. The Morgan fingerprint density at radius 3 is 2.00 bits per heavy atom. The maximum atomic E-state index is 5.03. The Balaban J connectivity index is 2.38. The van der Waals surface area contributed by atoms with E-state index in [0.29, 0.717) is 10.8 Å². The molecule has 0 radical (unpaired) electrons. The second-order valence-corrected chi connectivity index (χ2v) is 5.36. The standard InChI is InChI=1S/C10H20N2S/c1-9(2)7(10(9,3)4)6-12-8(13)11-5/h7H,6H2,1-5H3,(H2,11,12,13). The summed E-state index contributed by atoms with van der Waals surface area (Å²) in [5, 5.41) is 6.90. The van der Waals surface area contributed by atoms with Crippen LogP contribution in [0.2, 0.25) is 0 Å². The molecule has 0 bridgehead atoms. The first-order valence-electron chi connectivity index (χ1n) is 4.79. The fourth-order valence-electron chi connectivity index (χ4n) is 2.13. The van der Waals surface area contributed by atoms with E-state index in [2.05, 4.69) is 38.3 Å². The van der Waals surface area contributed by atoms with Gasteiger partial charge in [0.1, 0.15) is 0 Å². The van der Waals surface area contributed by atoms with Crippen LogP contribution in [0, 0.1) is 16.7 Å². The average molecular weight is 200 g/mol. The maximum absolute atomic E-state index is 5.03. The number of nitrogens with one attached hydrogen (secondary N) is 2. The molecule has 76 valence electrons. The van der Waals surface area contributed by atoms with Crippen LogP contribution in [0.25, 0.3) is 0 Å². The third-order valence-electron chi connectivity index (χ3n) is 4.01. The third kappa shape index (κ3) is 1.66. The van der Waals surface area contributed by atoms with E-state index >= 15 is 0 Å². The maximum Gasteiger partial charge on any atom is 0.166 e. The van der Waals surface area contributed by atoms with E-state index in [1.54, 1.807) is 0 Å². The van der Waals surface area contributed by atoms with Crippen molar-refractivity contribution in [3.8, 4) is 0 Å². The molecule has 1 aliphatic carbocycles. The smallest absolute Gasteiger partial charge is 0.166 e. The van der Waals surface area contributed by atoms with E-state index < -0.39 is 0 Å². The third-order valence-corrected chi connectivity index (χ3v) is 4.36. The molecule has 13 heavy (non-hydrogen) atoms. The van der Waals surface area contributed by atoms with Crippen molar-refractivity contribution < 1.29 is 0 Å². The highest BCUT2D eigenvalue weighted by Gasteiger charge is 2.64. The van der Waals surface area contributed by atoms with Gasteiger partial charge in [-0.1, -0.05) is 27.7 Å². The van der Waals surface area contributed by atoms with Crippen molar-refractivity contribution in [2.75, 3.05) is 13.6 Å². The summed E-state index contributed by atoms with van der Waals surface area (Å²) in [6.45, 7) is 10.3. The minimum absolute atomic E-state index is 0.448. The van der Waals surface area contributed by atoms with Crippen molar-refractivity contribution in [1.82, 2.24) is 10.6 Å². The molecule has 2 N–H and O–H groups in total. The van der Waals surface area contributed by atoms with Crippen LogP contribution >= 0.6 is 12.2 Å².